The van der Waals surface area contributed by atoms with Crippen molar-refractivity contribution in [2.24, 2.45) is 5.92 Å². The van der Waals surface area contributed by atoms with Gasteiger partial charge in [-0.25, -0.2) is 0 Å². The van der Waals surface area contributed by atoms with Gasteiger partial charge in [0.2, 0.25) is 5.91 Å². The molecule has 3 heteroatoms. The summed E-state index contributed by atoms with van der Waals surface area (Å²) in [4.78, 5) is 21.8. The van der Waals surface area contributed by atoms with Crippen molar-refractivity contribution in [2.75, 3.05) is 0 Å². The first kappa shape index (κ1) is 9.44. The summed E-state index contributed by atoms with van der Waals surface area (Å²) in [6.45, 7) is 1.66. The summed E-state index contributed by atoms with van der Waals surface area (Å²) < 4.78 is 0. The molecule has 1 saturated heterocycles. The Morgan fingerprint density at radius 2 is 2.29 bits per heavy atom. The Morgan fingerprint density at radius 1 is 1.57 bits per heavy atom. The van der Waals surface area contributed by atoms with E-state index in [4.69, 9.17) is 0 Å². The van der Waals surface area contributed by atoms with Crippen LogP contribution in [0.5, 0.6) is 0 Å². The molecular formula is C11H15NO2. The number of amides is 1. The first-order valence-corrected chi connectivity index (χ1v) is 5.15. The van der Waals surface area contributed by atoms with Gasteiger partial charge in [0.1, 0.15) is 5.78 Å². The second-order valence-electron chi connectivity index (χ2n) is 4.19. The number of carbonyl (C=O) groups excluding carboxylic acids is 2. The lowest BCUT2D eigenvalue weighted by atomic mass is 9.82. The van der Waals surface area contributed by atoms with Crippen LogP contribution in [0.25, 0.3) is 0 Å². The number of rotatable bonds is 2. The molecule has 2 unspecified atom stereocenters. The third kappa shape index (κ3) is 1.72. The van der Waals surface area contributed by atoms with E-state index < -0.39 is 0 Å². The highest BCUT2D eigenvalue weighted by Gasteiger charge is 2.30. The third-order valence-corrected chi connectivity index (χ3v) is 3.19. The number of nitrogens with one attached hydrogen (secondary N) is 1. The van der Waals surface area contributed by atoms with Crippen molar-refractivity contribution in [3.63, 3.8) is 0 Å². The van der Waals surface area contributed by atoms with E-state index in [2.05, 4.69) is 11.4 Å². The molecule has 1 aliphatic carbocycles. The topological polar surface area (TPSA) is 46.2 Å². The molecular weight excluding hydrogens is 178 g/mol. The van der Waals surface area contributed by atoms with Gasteiger partial charge in [-0.3, -0.25) is 9.59 Å². The summed E-state index contributed by atoms with van der Waals surface area (Å²) in [5, 5.41) is 2.86. The molecule has 1 N–H and O–H groups in total. The molecule has 1 aliphatic heterocycles. The fourth-order valence-electron chi connectivity index (χ4n) is 2.12. The lowest BCUT2D eigenvalue weighted by Gasteiger charge is -2.32. The van der Waals surface area contributed by atoms with Crippen LogP contribution in [0, 0.1) is 5.92 Å². The lowest BCUT2D eigenvalue weighted by molar-refractivity contribution is -0.127. The van der Waals surface area contributed by atoms with E-state index in [1.165, 1.54) is 5.57 Å². The molecule has 0 radical (unpaired) electrons. The van der Waals surface area contributed by atoms with Crippen LogP contribution in [-0.2, 0) is 9.59 Å². The van der Waals surface area contributed by atoms with Crippen molar-refractivity contribution < 1.29 is 9.59 Å². The summed E-state index contributed by atoms with van der Waals surface area (Å²) in [6.07, 6.45) is 5.55. The molecule has 0 spiro atoms. The van der Waals surface area contributed by atoms with Gasteiger partial charge in [-0.2, -0.15) is 0 Å². The van der Waals surface area contributed by atoms with Crippen molar-refractivity contribution in [1.82, 2.24) is 5.32 Å². The van der Waals surface area contributed by atoms with Gasteiger partial charge in [-0.05, 0) is 26.2 Å². The zero-order valence-corrected chi connectivity index (χ0v) is 8.38. The number of hydrogen-bond donors (Lipinski definition) is 1. The fourth-order valence-corrected chi connectivity index (χ4v) is 2.12. The zero-order chi connectivity index (χ0) is 10.1. The molecule has 0 aromatic heterocycles. The minimum Gasteiger partial charge on any atom is -0.349 e. The van der Waals surface area contributed by atoms with Crippen LogP contribution in [0.15, 0.2) is 11.6 Å². The standard InChI is InChI=1S/C11H15NO2/c1-7(13)8-2-4-9(5-3-8)10-6-11(14)12-10/h4,8,10H,2-3,5-6H2,1H3,(H,12,14). The van der Waals surface area contributed by atoms with Crippen LogP contribution in [0.4, 0.5) is 0 Å². The number of hydrogen-bond acceptors (Lipinski definition) is 2. The number of β-lactam (4-membered cyclic amide) rings is 1. The zero-order valence-electron chi connectivity index (χ0n) is 8.38. The monoisotopic (exact) mass is 193 g/mol. The van der Waals surface area contributed by atoms with Crippen LogP contribution in [0.1, 0.15) is 32.6 Å². The van der Waals surface area contributed by atoms with E-state index >= 15 is 0 Å². The summed E-state index contributed by atoms with van der Waals surface area (Å²) in [5.41, 5.74) is 1.32. The smallest absolute Gasteiger partial charge is 0.222 e. The van der Waals surface area contributed by atoms with E-state index in [0.717, 1.165) is 19.3 Å². The molecule has 0 saturated carbocycles. The van der Waals surface area contributed by atoms with Crippen molar-refractivity contribution in [1.29, 1.82) is 0 Å². The van der Waals surface area contributed by atoms with Gasteiger partial charge in [0.15, 0.2) is 0 Å². The van der Waals surface area contributed by atoms with Crippen molar-refractivity contribution >= 4 is 11.7 Å². The Bertz CT molecular complexity index is 298. The predicted octanol–water partition coefficient (Wildman–Crippen LogP) is 1.19. The second-order valence-corrected chi connectivity index (χ2v) is 4.19. The molecule has 0 aromatic rings. The number of carbonyl (C=O) groups is 2. The largest absolute Gasteiger partial charge is 0.349 e. The first-order valence-electron chi connectivity index (χ1n) is 5.15. The molecule has 1 amide bonds. The maximum atomic E-state index is 11.1. The van der Waals surface area contributed by atoms with Gasteiger partial charge < -0.3 is 5.32 Å². The van der Waals surface area contributed by atoms with E-state index in [0.29, 0.717) is 6.42 Å². The molecule has 76 valence electrons. The van der Waals surface area contributed by atoms with Crippen LogP contribution < -0.4 is 5.32 Å². The lowest BCUT2D eigenvalue weighted by Crippen LogP contribution is -2.49. The second kappa shape index (κ2) is 3.56. The molecule has 0 bridgehead atoms. The Labute approximate surface area is 83.6 Å². The molecule has 3 nitrogen and oxygen atoms in total. The van der Waals surface area contributed by atoms with Crippen LogP contribution >= 0.6 is 0 Å². The molecule has 1 fully saturated rings. The molecule has 14 heavy (non-hydrogen) atoms. The molecule has 2 aliphatic rings. The van der Waals surface area contributed by atoms with Gasteiger partial charge in [-0.1, -0.05) is 11.6 Å². The van der Waals surface area contributed by atoms with Crippen LogP contribution in [-0.4, -0.2) is 17.7 Å². The Hall–Kier alpha value is -1.12. The van der Waals surface area contributed by atoms with Gasteiger partial charge >= 0.3 is 0 Å². The van der Waals surface area contributed by atoms with Crippen molar-refractivity contribution in [2.45, 2.75) is 38.6 Å². The SMILES string of the molecule is CC(=O)C1CC=C(C2CC(=O)N2)CC1. The fraction of sp³-hybridized carbons (Fsp3) is 0.636. The minimum absolute atomic E-state index is 0.143. The number of allylic oxidation sites excluding steroid dienone is 1. The predicted molar refractivity (Wildman–Crippen MR) is 52.7 cm³/mol. The van der Waals surface area contributed by atoms with Gasteiger partial charge in [0.25, 0.3) is 0 Å². The highest BCUT2D eigenvalue weighted by atomic mass is 16.2. The van der Waals surface area contributed by atoms with E-state index in [1.807, 2.05) is 0 Å². The third-order valence-electron chi connectivity index (χ3n) is 3.19. The quantitative estimate of drug-likeness (QED) is 0.529. The Morgan fingerprint density at radius 3 is 2.71 bits per heavy atom. The Balaban J connectivity index is 1.91. The number of ketones is 1. The number of Topliss-reactive ketones (excluding diaryl/α,β-unsaturated/α-hetero) is 1. The van der Waals surface area contributed by atoms with Crippen molar-refractivity contribution in [3.8, 4) is 0 Å². The highest BCUT2D eigenvalue weighted by Crippen LogP contribution is 2.29. The minimum atomic E-state index is 0.143. The van der Waals surface area contributed by atoms with Crippen LogP contribution in [0.2, 0.25) is 0 Å². The molecule has 2 rings (SSSR count). The maximum Gasteiger partial charge on any atom is 0.222 e. The highest BCUT2D eigenvalue weighted by molar-refractivity contribution is 5.84. The summed E-state index contributed by atoms with van der Waals surface area (Å²) in [7, 11) is 0. The summed E-state index contributed by atoms with van der Waals surface area (Å²) in [5.74, 6) is 0.650. The average Bonchev–Trinajstić information content (AvgIpc) is 2.13. The summed E-state index contributed by atoms with van der Waals surface area (Å²) in [6, 6.07) is 0.274. The van der Waals surface area contributed by atoms with Gasteiger partial charge in [0, 0.05) is 5.92 Å². The normalized spacial score (nSPS) is 31.5. The van der Waals surface area contributed by atoms with E-state index in [9.17, 15) is 9.59 Å². The average molecular weight is 193 g/mol. The van der Waals surface area contributed by atoms with Crippen molar-refractivity contribution in [3.05, 3.63) is 11.6 Å². The Kier molecular flexibility index (Phi) is 2.40. The van der Waals surface area contributed by atoms with Gasteiger partial charge in [0.05, 0.1) is 12.5 Å². The molecule has 1 heterocycles. The van der Waals surface area contributed by atoms with Crippen LogP contribution in [0.3, 0.4) is 0 Å². The molecule has 2 atom stereocenters. The van der Waals surface area contributed by atoms with E-state index in [-0.39, 0.29) is 23.7 Å². The first-order chi connectivity index (χ1) is 6.66. The molecule has 0 aromatic carbocycles. The maximum absolute atomic E-state index is 11.1. The van der Waals surface area contributed by atoms with E-state index in [1.54, 1.807) is 6.92 Å². The summed E-state index contributed by atoms with van der Waals surface area (Å²) >= 11 is 0. The van der Waals surface area contributed by atoms with Gasteiger partial charge in [-0.15, -0.1) is 0 Å².